The van der Waals surface area contributed by atoms with E-state index in [0.717, 1.165) is 10.0 Å². The van der Waals surface area contributed by atoms with E-state index in [-0.39, 0.29) is 5.91 Å². The molecule has 0 saturated heterocycles. The van der Waals surface area contributed by atoms with Crippen molar-refractivity contribution >= 4 is 27.5 Å². The number of rotatable bonds is 5. The summed E-state index contributed by atoms with van der Waals surface area (Å²) in [5.74, 6) is 1.65. The number of hydrogen-bond acceptors (Lipinski definition) is 3. The SMILES string of the molecule is CCOc1ccccc1NC(=O)c1cc(-c2ccc(Br)cc2)oc1C. The van der Waals surface area contributed by atoms with E-state index in [2.05, 4.69) is 21.2 Å². The lowest BCUT2D eigenvalue weighted by atomic mass is 10.1. The second-order valence-corrected chi connectivity index (χ2v) is 6.39. The Bertz CT molecular complexity index is 884. The molecule has 5 heteroatoms. The number of amides is 1. The van der Waals surface area contributed by atoms with Crippen LogP contribution in [-0.2, 0) is 0 Å². The van der Waals surface area contributed by atoms with Crippen LogP contribution in [0.1, 0.15) is 23.0 Å². The van der Waals surface area contributed by atoms with Crippen LogP contribution in [0.3, 0.4) is 0 Å². The number of para-hydroxylation sites is 2. The molecule has 0 atom stereocenters. The first-order chi connectivity index (χ1) is 12.1. The lowest BCUT2D eigenvalue weighted by molar-refractivity contribution is 0.102. The largest absolute Gasteiger partial charge is 0.492 e. The summed E-state index contributed by atoms with van der Waals surface area (Å²) in [5.41, 5.74) is 2.06. The molecule has 0 radical (unpaired) electrons. The van der Waals surface area contributed by atoms with Crippen molar-refractivity contribution in [1.29, 1.82) is 0 Å². The van der Waals surface area contributed by atoms with Gasteiger partial charge in [-0.3, -0.25) is 4.79 Å². The summed E-state index contributed by atoms with van der Waals surface area (Å²) < 4.78 is 12.3. The zero-order valence-electron chi connectivity index (χ0n) is 14.0. The van der Waals surface area contributed by atoms with E-state index < -0.39 is 0 Å². The maximum Gasteiger partial charge on any atom is 0.259 e. The second kappa shape index (κ2) is 7.57. The Hall–Kier alpha value is -2.53. The van der Waals surface area contributed by atoms with E-state index in [1.807, 2.05) is 55.5 Å². The summed E-state index contributed by atoms with van der Waals surface area (Å²) in [4.78, 5) is 12.7. The standard InChI is InChI=1S/C20H18BrNO3/c1-3-24-18-7-5-4-6-17(18)22-20(23)16-12-19(25-13(16)2)14-8-10-15(21)11-9-14/h4-12H,3H2,1-2H3,(H,22,23). The van der Waals surface area contributed by atoms with Crippen LogP contribution < -0.4 is 10.1 Å². The van der Waals surface area contributed by atoms with Crippen molar-refractivity contribution < 1.29 is 13.9 Å². The van der Waals surface area contributed by atoms with Crippen molar-refractivity contribution in [2.24, 2.45) is 0 Å². The number of hydrogen-bond donors (Lipinski definition) is 1. The number of aryl methyl sites for hydroxylation is 1. The molecule has 0 unspecified atom stereocenters. The van der Waals surface area contributed by atoms with Crippen molar-refractivity contribution in [2.75, 3.05) is 11.9 Å². The van der Waals surface area contributed by atoms with Gasteiger partial charge < -0.3 is 14.5 Å². The predicted molar refractivity (Wildman–Crippen MR) is 102 cm³/mol. The normalized spacial score (nSPS) is 10.5. The minimum atomic E-state index is -0.225. The average Bonchev–Trinajstić information content (AvgIpc) is 2.99. The Balaban J connectivity index is 1.85. The van der Waals surface area contributed by atoms with Crippen LogP contribution in [0.25, 0.3) is 11.3 Å². The quantitative estimate of drug-likeness (QED) is 0.601. The molecule has 128 valence electrons. The Kier molecular flexibility index (Phi) is 5.24. The van der Waals surface area contributed by atoms with Crippen molar-refractivity contribution in [1.82, 2.24) is 0 Å². The summed E-state index contributed by atoms with van der Waals surface area (Å²) in [6, 6.07) is 16.9. The number of furan rings is 1. The Labute approximate surface area is 154 Å². The van der Waals surface area contributed by atoms with Crippen LogP contribution in [-0.4, -0.2) is 12.5 Å². The first kappa shape index (κ1) is 17.3. The smallest absolute Gasteiger partial charge is 0.259 e. The number of anilines is 1. The summed E-state index contributed by atoms with van der Waals surface area (Å²) in [6.45, 7) is 4.22. The fourth-order valence-corrected chi connectivity index (χ4v) is 2.77. The molecule has 1 N–H and O–H groups in total. The maximum atomic E-state index is 12.7. The van der Waals surface area contributed by atoms with E-state index in [0.29, 0.717) is 35.1 Å². The van der Waals surface area contributed by atoms with Gasteiger partial charge in [0.05, 0.1) is 17.9 Å². The molecule has 0 fully saturated rings. The van der Waals surface area contributed by atoms with Gasteiger partial charge in [0.15, 0.2) is 0 Å². The van der Waals surface area contributed by atoms with E-state index in [4.69, 9.17) is 9.15 Å². The molecule has 0 aliphatic rings. The molecule has 0 aliphatic carbocycles. The molecular formula is C20H18BrNO3. The van der Waals surface area contributed by atoms with Crippen LogP contribution in [0.15, 0.2) is 63.5 Å². The van der Waals surface area contributed by atoms with Crippen LogP contribution >= 0.6 is 15.9 Å². The van der Waals surface area contributed by atoms with Gasteiger partial charge in [0, 0.05) is 10.0 Å². The van der Waals surface area contributed by atoms with Gasteiger partial charge in [-0.05, 0) is 44.2 Å². The monoisotopic (exact) mass is 399 g/mol. The van der Waals surface area contributed by atoms with Crippen LogP contribution in [0.5, 0.6) is 5.75 Å². The molecule has 25 heavy (non-hydrogen) atoms. The first-order valence-corrected chi connectivity index (χ1v) is 8.77. The Morgan fingerprint density at radius 2 is 1.88 bits per heavy atom. The Morgan fingerprint density at radius 1 is 1.16 bits per heavy atom. The van der Waals surface area contributed by atoms with Crippen LogP contribution in [0.4, 0.5) is 5.69 Å². The van der Waals surface area contributed by atoms with Crippen molar-refractivity contribution in [3.05, 3.63) is 70.4 Å². The van der Waals surface area contributed by atoms with Gasteiger partial charge in [-0.25, -0.2) is 0 Å². The third-order valence-electron chi connectivity index (χ3n) is 3.73. The number of carbonyl (C=O) groups excluding carboxylic acids is 1. The molecule has 0 bridgehead atoms. The van der Waals surface area contributed by atoms with Gasteiger partial charge in [0.25, 0.3) is 5.91 Å². The summed E-state index contributed by atoms with van der Waals surface area (Å²) in [7, 11) is 0. The lowest BCUT2D eigenvalue weighted by Gasteiger charge is -2.10. The molecule has 0 spiro atoms. The van der Waals surface area contributed by atoms with Gasteiger partial charge in [-0.2, -0.15) is 0 Å². The molecule has 4 nitrogen and oxygen atoms in total. The number of benzene rings is 2. The van der Waals surface area contributed by atoms with Gasteiger partial charge in [-0.1, -0.05) is 40.2 Å². The number of halogens is 1. The zero-order chi connectivity index (χ0) is 17.8. The molecule has 1 heterocycles. The fraction of sp³-hybridized carbons (Fsp3) is 0.150. The fourth-order valence-electron chi connectivity index (χ4n) is 2.50. The van der Waals surface area contributed by atoms with Crippen LogP contribution in [0.2, 0.25) is 0 Å². The van der Waals surface area contributed by atoms with E-state index in [1.165, 1.54) is 0 Å². The predicted octanol–water partition coefficient (Wildman–Crippen LogP) is 5.67. The summed E-state index contributed by atoms with van der Waals surface area (Å²) >= 11 is 3.41. The molecular weight excluding hydrogens is 382 g/mol. The third kappa shape index (κ3) is 3.94. The van der Waals surface area contributed by atoms with Crippen LogP contribution in [0, 0.1) is 6.92 Å². The van der Waals surface area contributed by atoms with Gasteiger partial charge in [-0.15, -0.1) is 0 Å². The highest BCUT2D eigenvalue weighted by Gasteiger charge is 2.17. The first-order valence-electron chi connectivity index (χ1n) is 7.98. The molecule has 0 saturated carbocycles. The topological polar surface area (TPSA) is 51.5 Å². The lowest BCUT2D eigenvalue weighted by Crippen LogP contribution is -2.13. The highest BCUT2D eigenvalue weighted by atomic mass is 79.9. The molecule has 2 aromatic carbocycles. The van der Waals surface area contributed by atoms with E-state index in [1.54, 1.807) is 13.0 Å². The second-order valence-electron chi connectivity index (χ2n) is 5.47. The minimum Gasteiger partial charge on any atom is -0.492 e. The van der Waals surface area contributed by atoms with Gasteiger partial charge >= 0.3 is 0 Å². The number of carbonyl (C=O) groups is 1. The molecule has 1 aromatic heterocycles. The Morgan fingerprint density at radius 3 is 2.60 bits per heavy atom. The van der Waals surface area contributed by atoms with Gasteiger partial charge in [0.2, 0.25) is 0 Å². The van der Waals surface area contributed by atoms with Crippen molar-refractivity contribution in [3.8, 4) is 17.1 Å². The van der Waals surface area contributed by atoms with Crippen molar-refractivity contribution in [2.45, 2.75) is 13.8 Å². The van der Waals surface area contributed by atoms with Crippen molar-refractivity contribution in [3.63, 3.8) is 0 Å². The summed E-state index contributed by atoms with van der Waals surface area (Å²) in [6.07, 6.45) is 0. The minimum absolute atomic E-state index is 0.225. The highest BCUT2D eigenvalue weighted by Crippen LogP contribution is 2.29. The third-order valence-corrected chi connectivity index (χ3v) is 4.25. The van der Waals surface area contributed by atoms with Gasteiger partial charge in [0.1, 0.15) is 17.3 Å². The summed E-state index contributed by atoms with van der Waals surface area (Å²) in [5, 5.41) is 2.89. The molecule has 1 amide bonds. The zero-order valence-corrected chi connectivity index (χ0v) is 15.6. The number of ether oxygens (including phenoxy) is 1. The highest BCUT2D eigenvalue weighted by molar-refractivity contribution is 9.10. The maximum absolute atomic E-state index is 12.7. The number of nitrogens with one attached hydrogen (secondary N) is 1. The molecule has 0 aliphatic heterocycles. The van der Waals surface area contributed by atoms with E-state index >= 15 is 0 Å². The van der Waals surface area contributed by atoms with E-state index in [9.17, 15) is 4.79 Å². The molecule has 3 aromatic rings. The molecule has 3 rings (SSSR count). The average molecular weight is 400 g/mol.